The van der Waals surface area contributed by atoms with E-state index in [1.54, 1.807) is 6.92 Å². The number of allylic oxidation sites excluding steroid dienone is 2. The zero-order chi connectivity index (χ0) is 38.7. The first-order valence-electron chi connectivity index (χ1n) is 19.4. The standard InChI is InChI=1S/C40H62N4O8/c1-35(2)14-9-15-38(5)28(35)13-16-40(7)31(38)27(45)22-24-25-23-37(4,18-17-36(25,3)19-20-39(24,40)6)33(51)44(52-30(48)12-11-29(46)47)26(32(49)50)10-8-21-43-34(41)42/h22,25-26,28,31H,8-21,23H2,1-7H3,(H,46,47)(H,49,50)(H4,41,42,43)/t25-,26-,28?,31?,36+,37?,38-,39+,40+/m0/s1. The minimum absolute atomic E-state index is 0.0810. The summed E-state index contributed by atoms with van der Waals surface area (Å²) in [6.07, 6.45) is 9.82. The first-order valence-corrected chi connectivity index (χ1v) is 19.4. The molecule has 1 amide bonds. The van der Waals surface area contributed by atoms with Gasteiger partial charge in [0, 0.05) is 12.5 Å². The maximum absolute atomic E-state index is 14.7. The summed E-state index contributed by atoms with van der Waals surface area (Å²) in [4.78, 5) is 71.7. The van der Waals surface area contributed by atoms with E-state index in [0.717, 1.165) is 44.1 Å². The van der Waals surface area contributed by atoms with E-state index in [1.807, 2.05) is 6.08 Å². The molecule has 0 bridgehead atoms. The second-order valence-electron chi connectivity index (χ2n) is 18.9. The Morgan fingerprint density at radius 3 is 2.29 bits per heavy atom. The fraction of sp³-hybridized carbons (Fsp3) is 0.800. The molecule has 0 heterocycles. The van der Waals surface area contributed by atoms with Gasteiger partial charge in [-0.25, -0.2) is 9.59 Å². The van der Waals surface area contributed by atoms with Gasteiger partial charge in [-0.05, 0) is 116 Å². The number of carboxylic acid groups (broad SMARTS) is 2. The number of amides is 1. The lowest BCUT2D eigenvalue weighted by atomic mass is 9.33. The number of nitrogens with one attached hydrogen (secondary N) is 2. The highest BCUT2D eigenvalue weighted by Gasteiger charge is 2.69. The largest absolute Gasteiger partial charge is 0.481 e. The second-order valence-corrected chi connectivity index (χ2v) is 18.9. The van der Waals surface area contributed by atoms with Crippen LogP contribution in [0.3, 0.4) is 0 Å². The summed E-state index contributed by atoms with van der Waals surface area (Å²) >= 11 is 0. The van der Waals surface area contributed by atoms with Crippen molar-refractivity contribution in [1.29, 1.82) is 5.41 Å². The molecule has 4 saturated carbocycles. The van der Waals surface area contributed by atoms with Gasteiger partial charge in [0.05, 0.1) is 18.3 Å². The molecular weight excluding hydrogens is 664 g/mol. The Balaban J connectivity index is 1.50. The predicted molar refractivity (Wildman–Crippen MR) is 194 cm³/mol. The number of fused-ring (bicyclic) bond motifs is 7. The Morgan fingerprint density at radius 2 is 1.65 bits per heavy atom. The molecule has 9 atom stereocenters. The second kappa shape index (κ2) is 13.8. The molecule has 4 fully saturated rings. The summed E-state index contributed by atoms with van der Waals surface area (Å²) in [5, 5.41) is 30.2. The molecule has 0 aromatic rings. The molecule has 0 radical (unpaired) electrons. The molecule has 0 saturated heterocycles. The monoisotopic (exact) mass is 726 g/mol. The number of guanidine groups is 1. The number of hydroxylamine groups is 2. The number of hydrogen-bond donors (Lipinski definition) is 5. The van der Waals surface area contributed by atoms with Crippen molar-refractivity contribution in [2.45, 2.75) is 144 Å². The van der Waals surface area contributed by atoms with Gasteiger partial charge in [0.1, 0.15) is 0 Å². The molecule has 0 aromatic heterocycles. The fourth-order valence-corrected chi connectivity index (χ4v) is 12.2. The Hall–Kier alpha value is -3.44. The summed E-state index contributed by atoms with van der Waals surface area (Å²) in [7, 11) is 0. The van der Waals surface area contributed by atoms with Crippen LogP contribution in [0, 0.1) is 55.7 Å². The average Bonchev–Trinajstić information content (AvgIpc) is 3.03. The lowest BCUT2D eigenvalue weighted by Crippen LogP contribution is -2.65. The average molecular weight is 727 g/mol. The van der Waals surface area contributed by atoms with E-state index in [-0.39, 0.29) is 70.0 Å². The van der Waals surface area contributed by atoms with Crippen LogP contribution < -0.4 is 11.1 Å². The molecule has 5 aliphatic carbocycles. The van der Waals surface area contributed by atoms with Gasteiger partial charge in [-0.1, -0.05) is 60.5 Å². The third kappa shape index (κ3) is 6.65. The molecule has 52 heavy (non-hydrogen) atoms. The molecule has 12 heteroatoms. The van der Waals surface area contributed by atoms with Crippen molar-refractivity contribution in [3.63, 3.8) is 0 Å². The minimum atomic E-state index is -1.54. The Bertz CT molecular complexity index is 1540. The van der Waals surface area contributed by atoms with Gasteiger partial charge in [0.25, 0.3) is 5.91 Å². The molecule has 0 spiro atoms. The Labute approximate surface area is 308 Å². The molecule has 12 nitrogen and oxygen atoms in total. The Morgan fingerprint density at radius 1 is 0.981 bits per heavy atom. The summed E-state index contributed by atoms with van der Waals surface area (Å²) in [6.45, 7) is 16.1. The lowest BCUT2D eigenvalue weighted by molar-refractivity contribution is -0.220. The van der Waals surface area contributed by atoms with Gasteiger partial charge in [-0.2, -0.15) is 5.06 Å². The van der Waals surface area contributed by atoms with Crippen LogP contribution in [0.1, 0.15) is 138 Å². The minimum Gasteiger partial charge on any atom is -0.481 e. The molecule has 290 valence electrons. The highest BCUT2D eigenvalue weighted by Crippen LogP contribution is 2.75. The van der Waals surface area contributed by atoms with Crippen molar-refractivity contribution >= 4 is 35.6 Å². The number of nitrogens with two attached hydrogens (primary N) is 1. The van der Waals surface area contributed by atoms with Gasteiger partial charge in [-0.3, -0.25) is 19.8 Å². The van der Waals surface area contributed by atoms with Crippen molar-refractivity contribution < 1.29 is 39.0 Å². The number of carboxylic acids is 2. The summed E-state index contributed by atoms with van der Waals surface area (Å²) < 4.78 is 0. The molecule has 3 unspecified atom stereocenters. The highest BCUT2D eigenvalue weighted by molar-refractivity contribution is 5.96. The molecule has 5 aliphatic rings. The molecule has 6 N–H and O–H groups in total. The SMILES string of the molecule is CC1(C(=O)N(OC(=O)CCC(=O)O)[C@@H](CCCNC(=N)N)C(=O)O)CC[C@]2(C)CC[C@]3(C)C(=CC(=O)C4[C@@]5(C)CCCC(C)(C)C5CC[C@]43C)[C@@H]2C1. The van der Waals surface area contributed by atoms with Crippen LogP contribution in [0.5, 0.6) is 0 Å². The normalized spacial score (nSPS) is 38.2. The van der Waals surface area contributed by atoms with E-state index in [1.165, 1.54) is 6.42 Å². The molecule has 0 aromatic carbocycles. The van der Waals surface area contributed by atoms with Crippen LogP contribution in [-0.4, -0.2) is 63.4 Å². The highest BCUT2D eigenvalue weighted by atomic mass is 16.7. The maximum atomic E-state index is 14.7. The van der Waals surface area contributed by atoms with E-state index < -0.39 is 48.1 Å². The van der Waals surface area contributed by atoms with Crippen LogP contribution >= 0.6 is 0 Å². The first-order chi connectivity index (χ1) is 24.0. The van der Waals surface area contributed by atoms with E-state index in [0.29, 0.717) is 30.2 Å². The van der Waals surface area contributed by atoms with Gasteiger partial charge < -0.3 is 26.1 Å². The molecule has 0 aliphatic heterocycles. The predicted octanol–water partition coefficient (Wildman–Crippen LogP) is 6.23. The van der Waals surface area contributed by atoms with Crippen molar-refractivity contribution in [2.24, 2.45) is 56.0 Å². The Kier molecular flexibility index (Phi) is 10.5. The van der Waals surface area contributed by atoms with E-state index in [2.05, 4.69) is 46.9 Å². The fourth-order valence-electron chi connectivity index (χ4n) is 12.2. The van der Waals surface area contributed by atoms with Crippen molar-refractivity contribution in [3.8, 4) is 0 Å². The number of nitrogens with zero attached hydrogens (tertiary/aromatic N) is 1. The number of aliphatic carboxylic acids is 2. The number of ketones is 1. The summed E-state index contributed by atoms with van der Waals surface area (Å²) in [6, 6.07) is -1.54. The van der Waals surface area contributed by atoms with Gasteiger partial charge in [-0.15, -0.1) is 0 Å². The van der Waals surface area contributed by atoms with Crippen molar-refractivity contribution in [2.75, 3.05) is 6.54 Å². The lowest BCUT2D eigenvalue weighted by Gasteiger charge is -2.70. The number of carbonyl (C=O) groups is 5. The zero-order valence-electron chi connectivity index (χ0n) is 32.4. The van der Waals surface area contributed by atoms with Crippen LogP contribution in [0.15, 0.2) is 11.6 Å². The van der Waals surface area contributed by atoms with Gasteiger partial charge >= 0.3 is 17.9 Å². The van der Waals surface area contributed by atoms with Crippen LogP contribution in [0.25, 0.3) is 0 Å². The topological polar surface area (TPSA) is 200 Å². The number of hydrogen-bond acceptors (Lipinski definition) is 7. The van der Waals surface area contributed by atoms with Crippen molar-refractivity contribution in [1.82, 2.24) is 10.4 Å². The van der Waals surface area contributed by atoms with Gasteiger partial charge in [0.15, 0.2) is 17.8 Å². The summed E-state index contributed by atoms with van der Waals surface area (Å²) in [5.74, 6) is -4.03. The first kappa shape index (κ1) is 39.8. The van der Waals surface area contributed by atoms with E-state index >= 15 is 0 Å². The quantitative estimate of drug-likeness (QED) is 0.0744. The third-order valence-electron chi connectivity index (χ3n) is 15.3. The maximum Gasteiger partial charge on any atom is 0.333 e. The van der Waals surface area contributed by atoms with E-state index in [9.17, 15) is 29.1 Å². The zero-order valence-corrected chi connectivity index (χ0v) is 32.4. The molecular formula is C40H62N4O8. The third-order valence-corrected chi connectivity index (χ3v) is 15.3. The van der Waals surface area contributed by atoms with Crippen LogP contribution in [0.2, 0.25) is 0 Å². The summed E-state index contributed by atoms with van der Waals surface area (Å²) in [5.41, 5.74) is 4.78. The van der Waals surface area contributed by atoms with Crippen molar-refractivity contribution in [3.05, 3.63) is 11.6 Å². The molecule has 5 rings (SSSR count). The number of rotatable bonds is 10. The smallest absolute Gasteiger partial charge is 0.333 e. The van der Waals surface area contributed by atoms with Gasteiger partial charge in [0.2, 0.25) is 0 Å². The number of carbonyl (C=O) groups excluding carboxylic acids is 3. The van der Waals surface area contributed by atoms with Crippen LogP contribution in [-0.2, 0) is 28.8 Å². The van der Waals surface area contributed by atoms with Crippen LogP contribution in [0.4, 0.5) is 0 Å². The van der Waals surface area contributed by atoms with E-state index in [4.69, 9.17) is 21.1 Å².